The number of aromatic nitrogens is 1. The van der Waals surface area contributed by atoms with Gasteiger partial charge in [-0.25, -0.2) is 0 Å². The van der Waals surface area contributed by atoms with Crippen LogP contribution in [0.3, 0.4) is 0 Å². The Morgan fingerprint density at radius 3 is 2.00 bits per heavy atom. The molecule has 0 radical (unpaired) electrons. The Bertz CT molecular complexity index is 2320. The fraction of sp³-hybridized carbons (Fsp3) is 0.0250. The minimum atomic E-state index is -0.0964. The van der Waals surface area contributed by atoms with E-state index >= 15 is 0 Å². The van der Waals surface area contributed by atoms with Crippen LogP contribution in [0.5, 0.6) is 0 Å². The van der Waals surface area contributed by atoms with E-state index in [1.807, 2.05) is 0 Å². The monoisotopic (exact) mass is 799 g/mol. The van der Waals surface area contributed by atoms with Gasteiger partial charge in [-0.3, -0.25) is 4.98 Å². The molecule has 0 fully saturated rings. The van der Waals surface area contributed by atoms with Gasteiger partial charge in [-0.1, -0.05) is 78.0 Å². The SMILES string of the molecule is [Pt+2].[c-]1c(-c2nc3ccccc3s2)ccc2c1B1c3[c-]c(N4C=CN(c5ccccc5)C4)ccc3-c3ccccc3N1c1ccccc1-2. The molecule has 0 amide bonds. The van der Waals surface area contributed by atoms with Crippen molar-refractivity contribution in [2.45, 2.75) is 0 Å². The molecule has 47 heavy (non-hydrogen) atoms. The third-order valence-corrected chi connectivity index (χ3v) is 10.4. The van der Waals surface area contributed by atoms with Crippen molar-refractivity contribution in [1.82, 2.24) is 4.98 Å². The second-order valence-electron chi connectivity index (χ2n) is 11.9. The summed E-state index contributed by atoms with van der Waals surface area (Å²) in [7, 11) is 0. The van der Waals surface area contributed by atoms with E-state index in [-0.39, 0.29) is 27.9 Å². The van der Waals surface area contributed by atoms with Crippen LogP contribution in [0.15, 0.2) is 140 Å². The molecule has 7 heteroatoms. The molecule has 0 atom stereocenters. The van der Waals surface area contributed by atoms with E-state index in [1.165, 1.54) is 44.0 Å². The summed E-state index contributed by atoms with van der Waals surface area (Å²) < 4.78 is 1.19. The molecular formula is C40H25BN4PtS. The molecule has 3 aliphatic heterocycles. The van der Waals surface area contributed by atoms with Crippen molar-refractivity contribution in [2.24, 2.45) is 0 Å². The van der Waals surface area contributed by atoms with Crippen molar-refractivity contribution in [1.29, 1.82) is 0 Å². The van der Waals surface area contributed by atoms with E-state index in [9.17, 15) is 0 Å². The number of hydrogen-bond acceptors (Lipinski definition) is 5. The van der Waals surface area contributed by atoms with Gasteiger partial charge in [-0.2, -0.15) is 28.9 Å². The summed E-state index contributed by atoms with van der Waals surface area (Å²) in [6.45, 7) is 0.637. The summed E-state index contributed by atoms with van der Waals surface area (Å²) in [5.41, 5.74) is 13.9. The molecule has 10 rings (SSSR count). The van der Waals surface area contributed by atoms with Crippen LogP contribution in [0.4, 0.5) is 22.7 Å². The number of nitrogens with zero attached hydrogens (tertiary/aromatic N) is 4. The third-order valence-electron chi connectivity index (χ3n) is 9.30. The number of para-hydroxylation sites is 4. The number of thiazole rings is 1. The average Bonchev–Trinajstić information content (AvgIpc) is 3.80. The van der Waals surface area contributed by atoms with E-state index in [0.717, 1.165) is 39.4 Å². The van der Waals surface area contributed by atoms with Gasteiger partial charge in [-0.05, 0) is 42.0 Å². The molecule has 0 aliphatic carbocycles. The largest absolute Gasteiger partial charge is 2.00 e. The Balaban J connectivity index is 0.00000302. The molecule has 0 saturated carbocycles. The maximum atomic E-state index is 5.01. The van der Waals surface area contributed by atoms with Gasteiger partial charge >= 0.3 is 21.1 Å². The Hall–Kier alpha value is -4.90. The van der Waals surface area contributed by atoms with Crippen molar-refractivity contribution >= 4 is 62.1 Å². The van der Waals surface area contributed by atoms with Crippen LogP contribution in [0.1, 0.15) is 0 Å². The predicted molar refractivity (Wildman–Crippen MR) is 193 cm³/mol. The first-order chi connectivity index (χ1) is 22.8. The summed E-state index contributed by atoms with van der Waals surface area (Å²) in [4.78, 5) is 12.0. The summed E-state index contributed by atoms with van der Waals surface area (Å²) in [5, 5.41) is 0.992. The molecule has 0 unspecified atom stereocenters. The first-order valence-electron chi connectivity index (χ1n) is 15.5. The zero-order chi connectivity index (χ0) is 30.2. The molecular weight excluding hydrogens is 774 g/mol. The maximum absolute atomic E-state index is 5.01. The molecule has 0 spiro atoms. The van der Waals surface area contributed by atoms with E-state index in [1.54, 1.807) is 11.3 Å². The van der Waals surface area contributed by atoms with Crippen LogP contribution in [-0.4, -0.2) is 18.5 Å². The van der Waals surface area contributed by atoms with Crippen LogP contribution in [0, 0.1) is 12.1 Å². The summed E-state index contributed by atoms with van der Waals surface area (Å²) in [5.74, 6) is 0. The Morgan fingerprint density at radius 2 is 1.23 bits per heavy atom. The summed E-state index contributed by atoms with van der Waals surface area (Å²) >= 11 is 1.73. The smallest absolute Gasteiger partial charge is 0.381 e. The van der Waals surface area contributed by atoms with Crippen LogP contribution in [0.2, 0.25) is 0 Å². The van der Waals surface area contributed by atoms with Gasteiger partial charge in [0.2, 0.25) is 0 Å². The Morgan fingerprint density at radius 1 is 0.596 bits per heavy atom. The van der Waals surface area contributed by atoms with Crippen LogP contribution >= 0.6 is 11.3 Å². The minimum absolute atomic E-state index is 0. The predicted octanol–water partition coefficient (Wildman–Crippen LogP) is 8.22. The van der Waals surface area contributed by atoms with Crippen molar-refractivity contribution in [3.63, 3.8) is 0 Å². The molecule has 7 aromatic rings. The molecule has 4 heterocycles. The topological polar surface area (TPSA) is 22.6 Å². The van der Waals surface area contributed by atoms with Gasteiger partial charge in [0.1, 0.15) is 0 Å². The fourth-order valence-corrected chi connectivity index (χ4v) is 8.13. The van der Waals surface area contributed by atoms with Gasteiger partial charge < -0.3 is 14.6 Å². The van der Waals surface area contributed by atoms with Crippen molar-refractivity contribution < 1.29 is 21.1 Å². The number of fused-ring (bicyclic) bond motifs is 12. The Kier molecular flexibility index (Phi) is 6.70. The second kappa shape index (κ2) is 11.1. The summed E-state index contributed by atoms with van der Waals surface area (Å²) in [6, 6.07) is 53.2. The molecule has 224 valence electrons. The normalized spacial score (nSPS) is 13.9. The molecule has 0 bridgehead atoms. The molecule has 4 nitrogen and oxygen atoms in total. The van der Waals surface area contributed by atoms with Crippen molar-refractivity contribution in [2.75, 3.05) is 21.3 Å². The van der Waals surface area contributed by atoms with Gasteiger partial charge in [0.15, 0.2) is 0 Å². The first kappa shape index (κ1) is 28.3. The van der Waals surface area contributed by atoms with Gasteiger partial charge in [0, 0.05) is 39.2 Å². The quantitative estimate of drug-likeness (QED) is 0.133. The summed E-state index contributed by atoms with van der Waals surface area (Å²) in [6.07, 6.45) is 4.30. The van der Waals surface area contributed by atoms with Crippen molar-refractivity contribution in [3.05, 3.63) is 152 Å². The van der Waals surface area contributed by atoms with Gasteiger partial charge in [0.25, 0.3) is 6.85 Å². The molecule has 1 aromatic heterocycles. The Labute approximate surface area is 292 Å². The molecule has 6 aromatic carbocycles. The number of rotatable bonds is 3. The average molecular weight is 800 g/mol. The van der Waals surface area contributed by atoms with Crippen LogP contribution in [0.25, 0.3) is 43.0 Å². The van der Waals surface area contributed by atoms with Crippen LogP contribution in [-0.2, 0) is 21.1 Å². The number of benzene rings is 6. The van der Waals surface area contributed by atoms with E-state index in [4.69, 9.17) is 4.98 Å². The molecule has 0 N–H and O–H groups in total. The first-order valence-corrected chi connectivity index (χ1v) is 16.3. The zero-order valence-electron chi connectivity index (χ0n) is 25.1. The van der Waals surface area contributed by atoms with E-state index < -0.39 is 0 Å². The van der Waals surface area contributed by atoms with Gasteiger partial charge in [0.05, 0.1) is 12.2 Å². The molecule has 3 aliphatic rings. The van der Waals surface area contributed by atoms with Crippen LogP contribution < -0.4 is 25.5 Å². The minimum Gasteiger partial charge on any atom is -0.381 e. The second-order valence-corrected chi connectivity index (χ2v) is 12.9. The number of hydrogen-bond donors (Lipinski definition) is 0. The van der Waals surface area contributed by atoms with Crippen molar-refractivity contribution in [3.8, 4) is 32.8 Å². The van der Waals surface area contributed by atoms with E-state index in [0.29, 0.717) is 0 Å². The third kappa shape index (κ3) is 4.43. The fourth-order valence-electron chi connectivity index (χ4n) is 7.19. The zero-order valence-corrected chi connectivity index (χ0v) is 28.2. The van der Waals surface area contributed by atoms with E-state index in [2.05, 4.69) is 167 Å². The number of anilines is 4. The van der Waals surface area contributed by atoms with Gasteiger partial charge in [-0.15, -0.1) is 46.4 Å². The maximum Gasteiger partial charge on any atom is 2.00 e. The molecule has 0 saturated heterocycles. The standard InChI is InChI=1S/C40H25BN4S.Pt/c1-2-10-28(11-3-1)43-22-23-44(26-43)29-19-21-31-33-13-5-8-16-38(33)45-37-15-7-4-12-32(37)30-20-18-27(24-34(30)41(45)35(31)25-29)40-42-36-14-6-9-17-39(36)46-40;/h1-23H,26H2;/q-2;+2.